The molecule has 8 heteroatoms. The van der Waals surface area contributed by atoms with Gasteiger partial charge in [0.25, 0.3) is 5.56 Å². The highest BCUT2D eigenvalue weighted by Gasteiger charge is 2.37. The van der Waals surface area contributed by atoms with E-state index in [-0.39, 0.29) is 22.7 Å². The normalized spacial score (nSPS) is 24.1. The maximum absolute atomic E-state index is 12.5. The number of rotatable bonds is 5. The second-order valence-corrected chi connectivity index (χ2v) is 7.38. The highest BCUT2D eigenvalue weighted by atomic mass is 35.5. The molecule has 2 aromatic rings. The average molecular weight is 377 g/mol. The average Bonchev–Trinajstić information content (AvgIpc) is 3.06. The van der Waals surface area contributed by atoms with Crippen LogP contribution in [0.1, 0.15) is 36.3 Å². The molecule has 1 amide bonds. The predicted molar refractivity (Wildman–Crippen MR) is 96.3 cm³/mol. The highest BCUT2D eigenvalue weighted by molar-refractivity contribution is 6.29. The molecule has 0 aromatic carbocycles. The molecule has 7 nitrogen and oxygen atoms in total. The van der Waals surface area contributed by atoms with Crippen molar-refractivity contribution in [3.63, 3.8) is 0 Å². The van der Waals surface area contributed by atoms with Crippen molar-refractivity contribution in [2.45, 2.75) is 31.2 Å². The van der Waals surface area contributed by atoms with Crippen molar-refractivity contribution in [1.82, 2.24) is 20.4 Å². The number of nitrogens with zero attached hydrogens (tertiary/aromatic N) is 2. The smallest absolute Gasteiger partial charge is 0.251 e. The molecule has 0 aliphatic carbocycles. The van der Waals surface area contributed by atoms with Crippen LogP contribution in [-0.4, -0.2) is 35.3 Å². The molecule has 3 atom stereocenters. The first kappa shape index (κ1) is 17.3. The lowest BCUT2D eigenvalue weighted by atomic mass is 9.79. The van der Waals surface area contributed by atoms with Gasteiger partial charge in [-0.05, 0) is 18.4 Å². The van der Waals surface area contributed by atoms with Crippen LogP contribution >= 0.6 is 11.6 Å². The minimum absolute atomic E-state index is 0.00894. The fraction of sp³-hybridized carbons (Fsp3) is 0.500. The Labute approximate surface area is 155 Å². The minimum Gasteiger partial charge on any atom is -0.360 e. The van der Waals surface area contributed by atoms with Gasteiger partial charge in [-0.15, -0.1) is 0 Å². The van der Waals surface area contributed by atoms with E-state index in [0.29, 0.717) is 37.0 Å². The summed E-state index contributed by atoms with van der Waals surface area (Å²) in [6.45, 7) is 2.22. The Kier molecular flexibility index (Phi) is 4.82. The summed E-state index contributed by atoms with van der Waals surface area (Å²) < 4.78 is 6.89. The van der Waals surface area contributed by atoms with Gasteiger partial charge in [0, 0.05) is 56.2 Å². The van der Waals surface area contributed by atoms with Crippen LogP contribution in [-0.2, 0) is 11.2 Å². The second-order valence-electron chi connectivity index (χ2n) is 7.00. The number of carbonyl (C=O) groups is 1. The Morgan fingerprint density at radius 3 is 3.12 bits per heavy atom. The summed E-state index contributed by atoms with van der Waals surface area (Å²) in [4.78, 5) is 24.7. The molecular weight excluding hydrogens is 356 g/mol. The Balaban J connectivity index is 1.43. The van der Waals surface area contributed by atoms with Gasteiger partial charge in [0.2, 0.25) is 5.91 Å². The molecule has 2 aliphatic rings. The van der Waals surface area contributed by atoms with E-state index >= 15 is 0 Å². The maximum atomic E-state index is 12.5. The number of fused-ring (bicyclic) bond motifs is 4. The van der Waals surface area contributed by atoms with E-state index in [2.05, 4.69) is 15.8 Å². The van der Waals surface area contributed by atoms with E-state index in [0.717, 1.165) is 25.2 Å². The summed E-state index contributed by atoms with van der Waals surface area (Å²) in [6, 6.07) is 7.03. The van der Waals surface area contributed by atoms with Crippen LogP contribution < -0.4 is 16.2 Å². The number of hydrogen-bond donors (Lipinski definition) is 2. The van der Waals surface area contributed by atoms with E-state index in [1.165, 1.54) is 0 Å². The van der Waals surface area contributed by atoms with Crippen molar-refractivity contribution in [2.75, 3.05) is 19.6 Å². The number of halogens is 1. The Morgan fingerprint density at radius 1 is 1.42 bits per heavy atom. The molecule has 2 aliphatic heterocycles. The SMILES string of the molecule is O=C(CCc1cc(Cl)no1)NC[C@H]1[C@@H]2CNC[C@@H](C2)c2cccc(=O)n21. The molecule has 4 heterocycles. The molecule has 0 radical (unpaired) electrons. The summed E-state index contributed by atoms with van der Waals surface area (Å²) in [5, 5.41) is 10.3. The number of nitrogens with one attached hydrogen (secondary N) is 2. The van der Waals surface area contributed by atoms with Crippen molar-refractivity contribution in [2.24, 2.45) is 5.92 Å². The number of pyridine rings is 1. The Hall–Kier alpha value is -2.12. The summed E-state index contributed by atoms with van der Waals surface area (Å²) in [5.41, 5.74) is 1.08. The summed E-state index contributed by atoms with van der Waals surface area (Å²) in [5.74, 6) is 1.22. The van der Waals surface area contributed by atoms with Gasteiger partial charge in [0.1, 0.15) is 5.76 Å². The van der Waals surface area contributed by atoms with Crippen molar-refractivity contribution < 1.29 is 9.32 Å². The summed E-state index contributed by atoms with van der Waals surface area (Å²) in [7, 11) is 0. The fourth-order valence-electron chi connectivity index (χ4n) is 4.12. The molecule has 2 N–H and O–H groups in total. The lowest BCUT2D eigenvalue weighted by molar-refractivity contribution is -0.121. The van der Waals surface area contributed by atoms with E-state index in [1.54, 1.807) is 12.1 Å². The number of aryl methyl sites for hydroxylation is 1. The molecule has 2 bridgehead atoms. The molecule has 0 unspecified atom stereocenters. The van der Waals surface area contributed by atoms with Crippen molar-refractivity contribution in [3.8, 4) is 0 Å². The van der Waals surface area contributed by atoms with E-state index in [4.69, 9.17) is 16.1 Å². The minimum atomic E-state index is -0.0751. The molecule has 26 heavy (non-hydrogen) atoms. The Bertz CT molecular complexity index is 862. The largest absolute Gasteiger partial charge is 0.360 e. The van der Waals surface area contributed by atoms with Gasteiger partial charge in [-0.3, -0.25) is 9.59 Å². The third-order valence-corrected chi connectivity index (χ3v) is 5.52. The molecular formula is C18H21ClN4O3. The predicted octanol–water partition coefficient (Wildman–Crippen LogP) is 1.49. The zero-order chi connectivity index (χ0) is 18.1. The van der Waals surface area contributed by atoms with E-state index in [1.807, 2.05) is 16.7 Å². The van der Waals surface area contributed by atoms with Crippen LogP contribution in [0.5, 0.6) is 0 Å². The maximum Gasteiger partial charge on any atom is 0.251 e. The quantitative estimate of drug-likeness (QED) is 0.825. The van der Waals surface area contributed by atoms with Gasteiger partial charge in [-0.2, -0.15) is 0 Å². The first-order valence-corrected chi connectivity index (χ1v) is 9.29. The highest BCUT2D eigenvalue weighted by Crippen LogP contribution is 2.38. The zero-order valence-electron chi connectivity index (χ0n) is 14.3. The van der Waals surface area contributed by atoms with E-state index < -0.39 is 0 Å². The molecule has 0 spiro atoms. The van der Waals surface area contributed by atoms with Gasteiger partial charge >= 0.3 is 0 Å². The Morgan fingerprint density at radius 2 is 2.31 bits per heavy atom. The molecule has 2 aromatic heterocycles. The molecule has 4 rings (SSSR count). The van der Waals surface area contributed by atoms with Crippen molar-refractivity contribution in [3.05, 3.63) is 51.2 Å². The van der Waals surface area contributed by atoms with Gasteiger partial charge in [-0.1, -0.05) is 22.8 Å². The number of carbonyl (C=O) groups excluding carboxylic acids is 1. The van der Waals surface area contributed by atoms with Crippen molar-refractivity contribution >= 4 is 17.5 Å². The van der Waals surface area contributed by atoms with Crippen LogP contribution in [0, 0.1) is 5.92 Å². The van der Waals surface area contributed by atoms with Gasteiger partial charge < -0.3 is 19.7 Å². The zero-order valence-corrected chi connectivity index (χ0v) is 15.0. The fourth-order valence-corrected chi connectivity index (χ4v) is 4.27. The molecule has 1 saturated heterocycles. The topological polar surface area (TPSA) is 89.2 Å². The third-order valence-electron chi connectivity index (χ3n) is 5.34. The molecule has 0 saturated carbocycles. The first-order chi connectivity index (χ1) is 12.6. The molecule has 138 valence electrons. The van der Waals surface area contributed by atoms with Gasteiger partial charge in [-0.25, -0.2) is 0 Å². The molecule has 1 fully saturated rings. The van der Waals surface area contributed by atoms with Crippen LogP contribution in [0.2, 0.25) is 5.15 Å². The van der Waals surface area contributed by atoms with Gasteiger partial charge in [0.15, 0.2) is 5.15 Å². The van der Waals surface area contributed by atoms with Crippen molar-refractivity contribution in [1.29, 1.82) is 0 Å². The van der Waals surface area contributed by atoms with E-state index in [9.17, 15) is 9.59 Å². The first-order valence-electron chi connectivity index (χ1n) is 8.92. The monoisotopic (exact) mass is 376 g/mol. The standard InChI is InChI=1S/C18H21ClN4O3/c19-16-7-13(26-22-16)4-5-17(24)21-10-15-12-6-11(8-20-9-12)14-2-1-3-18(25)23(14)15/h1-3,7,11-12,15,20H,4-6,8-10H2,(H,21,24)/t11-,12+,15+/m1/s1. The van der Waals surface area contributed by atoms with Crippen LogP contribution in [0.3, 0.4) is 0 Å². The third kappa shape index (κ3) is 3.41. The number of amides is 1. The van der Waals surface area contributed by atoms with Crippen LogP contribution in [0.4, 0.5) is 0 Å². The number of hydrogen-bond acceptors (Lipinski definition) is 5. The number of aromatic nitrogens is 2. The number of piperidine rings is 1. The lowest BCUT2D eigenvalue weighted by Gasteiger charge is -2.43. The van der Waals surface area contributed by atoms with Crippen LogP contribution in [0.15, 0.2) is 33.6 Å². The van der Waals surface area contributed by atoms with Gasteiger partial charge in [0.05, 0.1) is 6.04 Å². The summed E-state index contributed by atoms with van der Waals surface area (Å²) >= 11 is 5.71. The van der Waals surface area contributed by atoms with Crippen LogP contribution in [0.25, 0.3) is 0 Å². The lowest BCUT2D eigenvalue weighted by Crippen LogP contribution is -2.50. The second kappa shape index (κ2) is 7.25. The summed E-state index contributed by atoms with van der Waals surface area (Å²) in [6.07, 6.45) is 1.79.